The van der Waals surface area contributed by atoms with E-state index in [0.717, 1.165) is 29.6 Å². The van der Waals surface area contributed by atoms with Gasteiger partial charge in [0, 0.05) is 23.8 Å². The van der Waals surface area contributed by atoms with Gasteiger partial charge in [-0.2, -0.15) is 0 Å². The molecule has 17 heavy (non-hydrogen) atoms. The highest BCUT2D eigenvalue weighted by Crippen LogP contribution is 2.27. The number of aldehydes is 1. The van der Waals surface area contributed by atoms with Crippen LogP contribution in [-0.4, -0.2) is 18.9 Å². The van der Waals surface area contributed by atoms with Crippen molar-refractivity contribution in [1.29, 1.82) is 0 Å². The van der Waals surface area contributed by atoms with Crippen LogP contribution < -0.4 is 4.90 Å². The average Bonchev–Trinajstić information content (AvgIpc) is 2.54. The van der Waals surface area contributed by atoms with Crippen LogP contribution in [0.5, 0.6) is 0 Å². The van der Waals surface area contributed by atoms with Crippen molar-refractivity contribution >= 4 is 12.0 Å². The first-order valence-corrected chi connectivity index (χ1v) is 6.55. The van der Waals surface area contributed by atoms with Gasteiger partial charge in [0.2, 0.25) is 0 Å². The summed E-state index contributed by atoms with van der Waals surface area (Å²) in [6, 6.07) is 6.72. The van der Waals surface area contributed by atoms with Crippen LogP contribution in [0.2, 0.25) is 0 Å². The van der Waals surface area contributed by atoms with Crippen molar-refractivity contribution in [2.75, 3.05) is 11.4 Å². The Balaban J connectivity index is 2.33. The van der Waals surface area contributed by atoms with Crippen molar-refractivity contribution in [3.8, 4) is 0 Å². The molecular weight excluding hydrogens is 210 g/mol. The first-order chi connectivity index (χ1) is 8.22. The average molecular weight is 231 g/mol. The van der Waals surface area contributed by atoms with Gasteiger partial charge in [-0.25, -0.2) is 0 Å². The van der Waals surface area contributed by atoms with Gasteiger partial charge in [0.1, 0.15) is 0 Å². The Bertz CT molecular complexity index is 400. The SMILES string of the molecule is Cc1ccc(N2CCCCCC2C)c(C=O)c1. The van der Waals surface area contributed by atoms with E-state index in [0.29, 0.717) is 6.04 Å². The molecule has 2 nitrogen and oxygen atoms in total. The lowest BCUT2D eigenvalue weighted by atomic mass is 10.1. The predicted molar refractivity (Wildman–Crippen MR) is 71.8 cm³/mol. The summed E-state index contributed by atoms with van der Waals surface area (Å²) in [5, 5.41) is 0. The maximum atomic E-state index is 11.2. The maximum Gasteiger partial charge on any atom is 0.152 e. The van der Waals surface area contributed by atoms with Crippen LogP contribution in [0.1, 0.15) is 48.5 Å². The number of hydrogen-bond donors (Lipinski definition) is 0. The van der Waals surface area contributed by atoms with Gasteiger partial charge in [0.25, 0.3) is 0 Å². The Morgan fingerprint density at radius 1 is 1.29 bits per heavy atom. The molecule has 0 spiro atoms. The third-order valence-electron chi connectivity index (χ3n) is 3.67. The molecule has 0 aliphatic carbocycles. The Morgan fingerprint density at radius 3 is 2.88 bits per heavy atom. The lowest BCUT2D eigenvalue weighted by Gasteiger charge is -2.30. The molecule has 0 N–H and O–H groups in total. The molecule has 0 aromatic heterocycles. The van der Waals surface area contributed by atoms with E-state index in [1.54, 1.807) is 0 Å². The van der Waals surface area contributed by atoms with E-state index in [1.165, 1.54) is 25.7 Å². The van der Waals surface area contributed by atoms with Gasteiger partial charge < -0.3 is 4.90 Å². The van der Waals surface area contributed by atoms with Gasteiger partial charge in [0.15, 0.2) is 6.29 Å². The van der Waals surface area contributed by atoms with E-state index < -0.39 is 0 Å². The second-order valence-electron chi connectivity index (χ2n) is 5.07. The molecule has 1 aliphatic heterocycles. The molecule has 1 heterocycles. The summed E-state index contributed by atoms with van der Waals surface area (Å²) in [5.41, 5.74) is 3.09. The highest BCUT2D eigenvalue weighted by atomic mass is 16.1. The van der Waals surface area contributed by atoms with Crippen molar-refractivity contribution in [1.82, 2.24) is 0 Å². The van der Waals surface area contributed by atoms with Gasteiger partial charge in [-0.05, 0) is 38.8 Å². The topological polar surface area (TPSA) is 20.3 Å². The molecule has 0 amide bonds. The van der Waals surface area contributed by atoms with E-state index >= 15 is 0 Å². The van der Waals surface area contributed by atoms with Crippen LogP contribution in [-0.2, 0) is 0 Å². The minimum absolute atomic E-state index is 0.541. The fourth-order valence-electron chi connectivity index (χ4n) is 2.66. The van der Waals surface area contributed by atoms with E-state index in [9.17, 15) is 4.79 Å². The zero-order valence-electron chi connectivity index (χ0n) is 10.8. The number of aryl methyl sites for hydroxylation is 1. The van der Waals surface area contributed by atoms with Crippen molar-refractivity contribution in [2.24, 2.45) is 0 Å². The summed E-state index contributed by atoms with van der Waals surface area (Å²) in [6.07, 6.45) is 6.06. The summed E-state index contributed by atoms with van der Waals surface area (Å²) in [7, 11) is 0. The monoisotopic (exact) mass is 231 g/mol. The van der Waals surface area contributed by atoms with Crippen LogP contribution in [0, 0.1) is 6.92 Å². The van der Waals surface area contributed by atoms with Gasteiger partial charge in [-0.1, -0.05) is 24.5 Å². The molecule has 1 aliphatic rings. The number of rotatable bonds is 2. The van der Waals surface area contributed by atoms with Crippen LogP contribution in [0.3, 0.4) is 0 Å². The van der Waals surface area contributed by atoms with Gasteiger partial charge in [-0.15, -0.1) is 0 Å². The van der Waals surface area contributed by atoms with Crippen molar-refractivity contribution in [3.05, 3.63) is 29.3 Å². The molecule has 92 valence electrons. The molecule has 2 heteroatoms. The van der Waals surface area contributed by atoms with Crippen LogP contribution in [0.25, 0.3) is 0 Å². The largest absolute Gasteiger partial charge is 0.368 e. The van der Waals surface area contributed by atoms with Gasteiger partial charge >= 0.3 is 0 Å². The Labute approximate surface area is 104 Å². The number of anilines is 1. The van der Waals surface area contributed by atoms with Crippen molar-refractivity contribution in [2.45, 2.75) is 45.6 Å². The third kappa shape index (κ3) is 2.68. The van der Waals surface area contributed by atoms with E-state index in [4.69, 9.17) is 0 Å². The lowest BCUT2D eigenvalue weighted by molar-refractivity contribution is 0.112. The molecule has 1 fully saturated rings. The Hall–Kier alpha value is -1.31. The summed E-state index contributed by atoms with van der Waals surface area (Å²) in [6.45, 7) is 5.37. The first kappa shape index (κ1) is 12.2. The van der Waals surface area contributed by atoms with E-state index in [2.05, 4.69) is 24.0 Å². The molecule has 1 saturated heterocycles. The van der Waals surface area contributed by atoms with Crippen LogP contribution in [0.15, 0.2) is 18.2 Å². The van der Waals surface area contributed by atoms with Crippen LogP contribution >= 0.6 is 0 Å². The summed E-state index contributed by atoms with van der Waals surface area (Å²) < 4.78 is 0. The second kappa shape index (κ2) is 5.35. The molecule has 0 saturated carbocycles. The highest BCUT2D eigenvalue weighted by Gasteiger charge is 2.19. The fourth-order valence-corrected chi connectivity index (χ4v) is 2.66. The standard InChI is InChI=1S/C15H21NO/c1-12-7-8-15(14(10-12)11-17)16-9-5-3-4-6-13(16)2/h7-8,10-11,13H,3-6,9H2,1-2H3. The smallest absolute Gasteiger partial charge is 0.152 e. The summed E-state index contributed by atoms with van der Waals surface area (Å²) in [5.74, 6) is 0. The zero-order chi connectivity index (χ0) is 12.3. The quantitative estimate of drug-likeness (QED) is 0.725. The first-order valence-electron chi connectivity index (χ1n) is 6.55. The summed E-state index contributed by atoms with van der Waals surface area (Å²) in [4.78, 5) is 13.6. The fraction of sp³-hybridized carbons (Fsp3) is 0.533. The maximum absolute atomic E-state index is 11.2. The Morgan fingerprint density at radius 2 is 2.12 bits per heavy atom. The minimum Gasteiger partial charge on any atom is -0.368 e. The van der Waals surface area contributed by atoms with E-state index in [1.807, 2.05) is 13.0 Å². The summed E-state index contributed by atoms with van der Waals surface area (Å²) >= 11 is 0. The molecule has 1 aromatic carbocycles. The Kier molecular flexibility index (Phi) is 3.82. The number of carbonyl (C=O) groups excluding carboxylic acids is 1. The van der Waals surface area contributed by atoms with Crippen molar-refractivity contribution in [3.63, 3.8) is 0 Å². The minimum atomic E-state index is 0.541. The number of hydrogen-bond acceptors (Lipinski definition) is 2. The number of benzene rings is 1. The molecular formula is C15H21NO. The van der Waals surface area contributed by atoms with Crippen molar-refractivity contribution < 1.29 is 4.79 Å². The molecule has 2 rings (SSSR count). The molecule has 0 radical (unpaired) electrons. The molecule has 1 atom stereocenters. The molecule has 1 aromatic rings. The normalized spacial score (nSPS) is 21.1. The third-order valence-corrected chi connectivity index (χ3v) is 3.67. The molecule has 1 unspecified atom stereocenters. The van der Waals surface area contributed by atoms with Crippen LogP contribution in [0.4, 0.5) is 5.69 Å². The van der Waals surface area contributed by atoms with Gasteiger partial charge in [0.05, 0.1) is 0 Å². The predicted octanol–water partition coefficient (Wildman–Crippen LogP) is 3.58. The van der Waals surface area contributed by atoms with Gasteiger partial charge in [-0.3, -0.25) is 4.79 Å². The number of nitrogens with zero attached hydrogens (tertiary/aromatic N) is 1. The second-order valence-corrected chi connectivity index (χ2v) is 5.07. The molecule has 0 bridgehead atoms. The highest BCUT2D eigenvalue weighted by molar-refractivity contribution is 5.85. The zero-order valence-corrected chi connectivity index (χ0v) is 10.8. The lowest BCUT2D eigenvalue weighted by Crippen LogP contribution is -2.33. The number of carbonyl (C=O) groups is 1. The van der Waals surface area contributed by atoms with E-state index in [-0.39, 0.29) is 0 Å².